The van der Waals surface area contributed by atoms with Crippen molar-refractivity contribution in [3.63, 3.8) is 0 Å². The Hall–Kier alpha value is -1.07. The van der Waals surface area contributed by atoms with Crippen LogP contribution < -0.4 is 10.1 Å². The summed E-state index contributed by atoms with van der Waals surface area (Å²) in [7, 11) is 3.21. The summed E-state index contributed by atoms with van der Waals surface area (Å²) in [6.07, 6.45) is 1.45. The van der Waals surface area contributed by atoms with Crippen LogP contribution in [0.15, 0.2) is 6.33 Å². The first-order chi connectivity index (χ1) is 7.72. The molecule has 16 heavy (non-hydrogen) atoms. The Morgan fingerprint density at radius 1 is 1.44 bits per heavy atom. The van der Waals surface area contributed by atoms with E-state index in [0.717, 1.165) is 11.4 Å². The summed E-state index contributed by atoms with van der Waals surface area (Å²) in [5, 5.41) is 3.18. The number of aromatic nitrogens is 2. The maximum Gasteiger partial charge on any atom is 0.221 e. The number of nitrogens with zero attached hydrogens (tertiary/aromatic N) is 2. The minimum Gasteiger partial charge on any atom is -0.481 e. The van der Waals surface area contributed by atoms with Gasteiger partial charge in [0.05, 0.1) is 25.3 Å². The Bertz CT molecular complexity index is 336. The fourth-order valence-corrected chi connectivity index (χ4v) is 1.47. The van der Waals surface area contributed by atoms with E-state index in [9.17, 15) is 0 Å². The van der Waals surface area contributed by atoms with Crippen LogP contribution in [0, 0.1) is 6.92 Å². The highest BCUT2D eigenvalue weighted by atomic mass is 35.5. The van der Waals surface area contributed by atoms with E-state index < -0.39 is 0 Å². The van der Waals surface area contributed by atoms with Crippen LogP contribution in [0.5, 0.6) is 5.88 Å². The first-order valence-electron chi connectivity index (χ1n) is 4.90. The predicted molar refractivity (Wildman–Crippen MR) is 63.3 cm³/mol. The van der Waals surface area contributed by atoms with E-state index in [-0.39, 0.29) is 6.04 Å². The normalized spacial score (nSPS) is 12.2. The van der Waals surface area contributed by atoms with Crippen LogP contribution in [0.4, 0.5) is 5.82 Å². The van der Waals surface area contributed by atoms with Crippen molar-refractivity contribution in [3.8, 4) is 5.88 Å². The number of hydrogen-bond acceptors (Lipinski definition) is 5. The summed E-state index contributed by atoms with van der Waals surface area (Å²) in [5.41, 5.74) is 0.858. The zero-order valence-corrected chi connectivity index (χ0v) is 10.4. The molecule has 0 amide bonds. The molecule has 0 radical (unpaired) electrons. The highest BCUT2D eigenvalue weighted by Gasteiger charge is 2.12. The Morgan fingerprint density at radius 3 is 2.75 bits per heavy atom. The minimum atomic E-state index is 0.0185. The maximum atomic E-state index is 5.81. The summed E-state index contributed by atoms with van der Waals surface area (Å²) >= 11 is 5.81. The molecule has 1 unspecified atom stereocenters. The molecule has 0 saturated heterocycles. The molecule has 0 bridgehead atoms. The Balaban J connectivity index is 2.79. The van der Waals surface area contributed by atoms with Gasteiger partial charge < -0.3 is 14.8 Å². The number of anilines is 1. The molecule has 1 aromatic rings. The second-order valence-corrected chi connectivity index (χ2v) is 3.62. The van der Waals surface area contributed by atoms with E-state index in [1.807, 2.05) is 6.92 Å². The smallest absolute Gasteiger partial charge is 0.221 e. The molecule has 0 aliphatic carbocycles. The van der Waals surface area contributed by atoms with E-state index in [2.05, 4.69) is 15.3 Å². The molecule has 1 atom stereocenters. The van der Waals surface area contributed by atoms with Gasteiger partial charge in [-0.1, -0.05) is 0 Å². The molecule has 0 aliphatic heterocycles. The Morgan fingerprint density at radius 2 is 2.19 bits per heavy atom. The highest BCUT2D eigenvalue weighted by molar-refractivity contribution is 6.18. The number of methoxy groups -OCH3 is 2. The molecule has 1 rings (SSSR count). The lowest BCUT2D eigenvalue weighted by Gasteiger charge is -2.17. The first-order valence-corrected chi connectivity index (χ1v) is 5.43. The lowest BCUT2D eigenvalue weighted by molar-refractivity contribution is 0.191. The lowest BCUT2D eigenvalue weighted by atomic mass is 10.3. The third-order valence-electron chi connectivity index (χ3n) is 2.13. The van der Waals surface area contributed by atoms with Crippen LogP contribution in [0.25, 0.3) is 0 Å². The third-order valence-corrected chi connectivity index (χ3v) is 2.50. The van der Waals surface area contributed by atoms with Crippen LogP contribution in [-0.4, -0.2) is 42.7 Å². The number of nitrogens with one attached hydrogen (secondary N) is 1. The molecule has 0 aromatic carbocycles. The van der Waals surface area contributed by atoms with Crippen LogP contribution in [-0.2, 0) is 4.74 Å². The predicted octanol–water partition coefficient (Wildman–Crippen LogP) is 1.46. The molecule has 1 N–H and O–H groups in total. The molecule has 5 nitrogen and oxygen atoms in total. The van der Waals surface area contributed by atoms with Crippen molar-refractivity contribution in [1.29, 1.82) is 0 Å². The molecule has 6 heteroatoms. The van der Waals surface area contributed by atoms with Gasteiger partial charge in [-0.15, -0.1) is 11.6 Å². The summed E-state index contributed by atoms with van der Waals surface area (Å²) in [6, 6.07) is 0.0185. The average Bonchev–Trinajstić information content (AvgIpc) is 2.31. The summed E-state index contributed by atoms with van der Waals surface area (Å²) in [5.74, 6) is 1.72. The van der Waals surface area contributed by atoms with Crippen LogP contribution in [0.3, 0.4) is 0 Å². The zero-order chi connectivity index (χ0) is 12.0. The van der Waals surface area contributed by atoms with Crippen LogP contribution in [0.2, 0.25) is 0 Å². The largest absolute Gasteiger partial charge is 0.481 e. The van der Waals surface area contributed by atoms with E-state index >= 15 is 0 Å². The summed E-state index contributed by atoms with van der Waals surface area (Å²) < 4.78 is 10.1. The fourth-order valence-electron chi connectivity index (χ4n) is 1.30. The zero-order valence-electron chi connectivity index (χ0n) is 9.66. The van der Waals surface area contributed by atoms with Crippen molar-refractivity contribution in [1.82, 2.24) is 9.97 Å². The van der Waals surface area contributed by atoms with Gasteiger partial charge in [-0.3, -0.25) is 0 Å². The molecule has 90 valence electrons. The topological polar surface area (TPSA) is 56.3 Å². The van der Waals surface area contributed by atoms with Crippen molar-refractivity contribution >= 4 is 17.4 Å². The quantitative estimate of drug-likeness (QED) is 0.769. The van der Waals surface area contributed by atoms with Gasteiger partial charge in [-0.05, 0) is 6.92 Å². The SMILES string of the molecule is COCC(CCl)Nc1ncnc(OC)c1C. The van der Waals surface area contributed by atoms with Gasteiger partial charge in [0.2, 0.25) is 5.88 Å². The van der Waals surface area contributed by atoms with Gasteiger partial charge in [0, 0.05) is 13.0 Å². The second kappa shape index (κ2) is 6.50. The molecule has 0 spiro atoms. The molecular formula is C10H16ClN3O2. The monoisotopic (exact) mass is 245 g/mol. The Kier molecular flexibility index (Phi) is 5.28. The molecular weight excluding hydrogens is 230 g/mol. The summed E-state index contributed by atoms with van der Waals surface area (Å²) in [6.45, 7) is 2.41. The van der Waals surface area contributed by atoms with E-state index in [1.165, 1.54) is 6.33 Å². The number of alkyl halides is 1. The number of ether oxygens (including phenoxy) is 2. The minimum absolute atomic E-state index is 0.0185. The standard InChI is InChI=1S/C10H16ClN3O2/c1-7-9(12-6-13-10(7)16-3)14-8(4-11)5-15-2/h6,8H,4-5H2,1-3H3,(H,12,13,14). The Labute approximate surface area is 100 Å². The van der Waals surface area contributed by atoms with Crippen LogP contribution >= 0.6 is 11.6 Å². The van der Waals surface area contributed by atoms with Crippen molar-refractivity contribution in [2.75, 3.05) is 32.0 Å². The van der Waals surface area contributed by atoms with E-state index in [0.29, 0.717) is 18.4 Å². The number of halogens is 1. The number of rotatable bonds is 6. The van der Waals surface area contributed by atoms with Gasteiger partial charge in [-0.2, -0.15) is 0 Å². The molecule has 0 aliphatic rings. The lowest BCUT2D eigenvalue weighted by Crippen LogP contribution is -2.27. The third kappa shape index (κ3) is 3.21. The number of hydrogen-bond donors (Lipinski definition) is 1. The van der Waals surface area contributed by atoms with Crippen molar-refractivity contribution in [2.45, 2.75) is 13.0 Å². The van der Waals surface area contributed by atoms with Crippen molar-refractivity contribution in [2.24, 2.45) is 0 Å². The maximum absolute atomic E-state index is 5.81. The molecule has 0 saturated carbocycles. The van der Waals surface area contributed by atoms with Gasteiger partial charge >= 0.3 is 0 Å². The van der Waals surface area contributed by atoms with Gasteiger partial charge in [-0.25, -0.2) is 9.97 Å². The highest BCUT2D eigenvalue weighted by Crippen LogP contribution is 2.20. The van der Waals surface area contributed by atoms with Gasteiger partial charge in [0.1, 0.15) is 12.1 Å². The van der Waals surface area contributed by atoms with Crippen molar-refractivity contribution < 1.29 is 9.47 Å². The van der Waals surface area contributed by atoms with Gasteiger partial charge in [0.25, 0.3) is 0 Å². The molecule has 1 heterocycles. The van der Waals surface area contributed by atoms with Gasteiger partial charge in [0.15, 0.2) is 0 Å². The molecule has 1 aromatic heterocycles. The van der Waals surface area contributed by atoms with E-state index in [1.54, 1.807) is 14.2 Å². The van der Waals surface area contributed by atoms with E-state index in [4.69, 9.17) is 21.1 Å². The summed E-state index contributed by atoms with van der Waals surface area (Å²) in [4.78, 5) is 8.14. The average molecular weight is 246 g/mol. The van der Waals surface area contributed by atoms with Crippen LogP contribution in [0.1, 0.15) is 5.56 Å². The second-order valence-electron chi connectivity index (χ2n) is 3.31. The first kappa shape index (κ1) is 13.0. The fraction of sp³-hybridized carbons (Fsp3) is 0.600. The molecule has 0 fully saturated rings. The van der Waals surface area contributed by atoms with Crippen molar-refractivity contribution in [3.05, 3.63) is 11.9 Å².